The average molecular weight is 287 g/mol. The van der Waals surface area contributed by atoms with E-state index < -0.39 is 0 Å². The summed E-state index contributed by atoms with van der Waals surface area (Å²) in [7, 11) is 0. The lowest BCUT2D eigenvalue weighted by Crippen LogP contribution is -2.09. The van der Waals surface area contributed by atoms with Gasteiger partial charge in [0.1, 0.15) is 12.0 Å². The highest BCUT2D eigenvalue weighted by Crippen LogP contribution is 2.27. The molecule has 2 heterocycles. The molecule has 0 radical (unpaired) electrons. The Morgan fingerprint density at radius 1 is 1.67 bits per heavy atom. The van der Waals surface area contributed by atoms with Gasteiger partial charge >= 0.3 is 0 Å². The monoisotopic (exact) mass is 286 g/mol. The third-order valence-corrected chi connectivity index (χ3v) is 3.91. The highest BCUT2D eigenvalue weighted by molar-refractivity contribution is 9.11. The minimum Gasteiger partial charge on any atom is -0.363 e. The molecule has 0 aliphatic carbocycles. The third-order valence-electron chi connectivity index (χ3n) is 1.77. The summed E-state index contributed by atoms with van der Waals surface area (Å²) in [5.41, 5.74) is 1.61. The number of halogens is 1. The van der Waals surface area contributed by atoms with Crippen molar-refractivity contribution in [1.29, 1.82) is 0 Å². The van der Waals surface area contributed by atoms with Gasteiger partial charge in [0.25, 0.3) is 5.91 Å². The summed E-state index contributed by atoms with van der Waals surface area (Å²) in [6.07, 6.45) is 2.83. The molecule has 0 fully saturated rings. The van der Waals surface area contributed by atoms with Crippen LogP contribution >= 0.6 is 27.3 Å². The largest absolute Gasteiger partial charge is 0.363 e. The predicted molar refractivity (Wildman–Crippen MR) is 61.2 cm³/mol. The van der Waals surface area contributed by atoms with Crippen LogP contribution in [0, 0.1) is 6.92 Å². The van der Waals surface area contributed by atoms with Gasteiger partial charge < -0.3 is 9.84 Å². The van der Waals surface area contributed by atoms with E-state index in [-0.39, 0.29) is 5.91 Å². The van der Waals surface area contributed by atoms with E-state index in [1.807, 2.05) is 13.0 Å². The number of carbonyl (C=O) groups excluding carboxylic acids is 1. The van der Waals surface area contributed by atoms with Gasteiger partial charge in [0.2, 0.25) is 0 Å². The van der Waals surface area contributed by atoms with Gasteiger partial charge in [-0.2, -0.15) is 0 Å². The number of nitrogens with one attached hydrogen (secondary N) is 1. The van der Waals surface area contributed by atoms with E-state index in [2.05, 4.69) is 30.9 Å². The first-order chi connectivity index (χ1) is 7.16. The van der Waals surface area contributed by atoms with E-state index >= 15 is 0 Å². The maximum atomic E-state index is 11.7. The van der Waals surface area contributed by atoms with Gasteiger partial charge in [-0.05, 0) is 34.5 Å². The Bertz CT molecular complexity index is 459. The first-order valence-electron chi connectivity index (χ1n) is 4.13. The van der Waals surface area contributed by atoms with Gasteiger partial charge in [-0.25, -0.2) is 0 Å². The van der Waals surface area contributed by atoms with E-state index in [0.29, 0.717) is 10.6 Å². The number of carbonyl (C=O) groups is 1. The van der Waals surface area contributed by atoms with Crippen molar-refractivity contribution >= 4 is 38.9 Å². The van der Waals surface area contributed by atoms with Crippen molar-refractivity contribution in [2.24, 2.45) is 0 Å². The zero-order valence-corrected chi connectivity index (χ0v) is 10.2. The molecule has 0 atom stereocenters. The zero-order chi connectivity index (χ0) is 10.8. The molecular formula is C9H7BrN2O2S. The van der Waals surface area contributed by atoms with Crippen molar-refractivity contribution in [2.45, 2.75) is 6.92 Å². The lowest BCUT2D eigenvalue weighted by molar-refractivity contribution is 0.103. The molecule has 2 aromatic rings. The van der Waals surface area contributed by atoms with Crippen LogP contribution in [0.25, 0.3) is 0 Å². The highest BCUT2D eigenvalue weighted by Gasteiger charge is 2.11. The molecule has 0 saturated heterocycles. The lowest BCUT2D eigenvalue weighted by atomic mass is 10.3. The summed E-state index contributed by atoms with van der Waals surface area (Å²) in [6.45, 7) is 1.94. The molecule has 4 nitrogen and oxygen atoms in total. The maximum Gasteiger partial charge on any atom is 0.265 e. The summed E-state index contributed by atoms with van der Waals surface area (Å²) in [6, 6.07) is 1.83. The molecule has 0 bridgehead atoms. The summed E-state index contributed by atoms with van der Waals surface area (Å²) in [5.74, 6) is -0.156. The van der Waals surface area contributed by atoms with Crippen molar-refractivity contribution in [3.05, 3.63) is 32.8 Å². The fourth-order valence-corrected chi connectivity index (χ4v) is 2.46. The van der Waals surface area contributed by atoms with Crippen molar-refractivity contribution in [3.63, 3.8) is 0 Å². The van der Waals surface area contributed by atoms with E-state index in [0.717, 1.165) is 9.35 Å². The summed E-state index contributed by atoms with van der Waals surface area (Å²) >= 11 is 4.77. The molecule has 15 heavy (non-hydrogen) atoms. The van der Waals surface area contributed by atoms with E-state index in [9.17, 15) is 4.79 Å². The lowest BCUT2D eigenvalue weighted by Gasteiger charge is -1.96. The van der Waals surface area contributed by atoms with Crippen LogP contribution in [-0.4, -0.2) is 11.1 Å². The Morgan fingerprint density at radius 3 is 3.00 bits per heavy atom. The first-order valence-corrected chi connectivity index (χ1v) is 5.74. The minimum atomic E-state index is -0.156. The summed E-state index contributed by atoms with van der Waals surface area (Å²) in [4.78, 5) is 12.3. The molecule has 0 aliphatic rings. The molecule has 0 aliphatic heterocycles. The first kappa shape index (κ1) is 10.4. The Kier molecular flexibility index (Phi) is 2.88. The number of amides is 1. The van der Waals surface area contributed by atoms with Crippen LogP contribution in [0.1, 0.15) is 15.2 Å². The normalized spacial score (nSPS) is 10.3. The number of thiophene rings is 1. The van der Waals surface area contributed by atoms with Gasteiger partial charge in [-0.15, -0.1) is 11.3 Å². The van der Waals surface area contributed by atoms with Gasteiger partial charge in [0.15, 0.2) is 0 Å². The van der Waals surface area contributed by atoms with Crippen molar-refractivity contribution in [3.8, 4) is 0 Å². The quantitative estimate of drug-likeness (QED) is 0.923. The summed E-state index contributed by atoms with van der Waals surface area (Å²) < 4.78 is 5.58. The van der Waals surface area contributed by atoms with Crippen molar-refractivity contribution < 1.29 is 9.32 Å². The number of aryl methyl sites for hydroxylation is 1. The smallest absolute Gasteiger partial charge is 0.265 e. The molecule has 1 N–H and O–H groups in total. The van der Waals surface area contributed by atoms with Crippen LogP contribution in [0.5, 0.6) is 0 Å². The molecule has 0 unspecified atom stereocenters. The Hall–Kier alpha value is -1.14. The molecule has 78 valence electrons. The Balaban J connectivity index is 2.15. The molecule has 0 spiro atoms. The van der Waals surface area contributed by atoms with Crippen molar-refractivity contribution in [1.82, 2.24) is 5.16 Å². The number of anilines is 1. The number of nitrogens with zero attached hydrogens (tertiary/aromatic N) is 1. The van der Waals surface area contributed by atoms with Crippen LogP contribution in [0.15, 0.2) is 26.8 Å². The zero-order valence-electron chi connectivity index (χ0n) is 7.78. The fraction of sp³-hybridized carbons (Fsp3) is 0.111. The van der Waals surface area contributed by atoms with Crippen LogP contribution in [0.2, 0.25) is 0 Å². The predicted octanol–water partition coefficient (Wildman–Crippen LogP) is 3.06. The molecule has 2 rings (SSSR count). The van der Waals surface area contributed by atoms with Gasteiger partial charge in [0.05, 0.1) is 14.9 Å². The van der Waals surface area contributed by atoms with Crippen LogP contribution in [0.3, 0.4) is 0 Å². The standard InChI is InChI=1S/C9H7BrN2O2S/c1-5-2-7(15-8(5)10)9(13)12-6-3-11-14-4-6/h2-4H,1H3,(H,12,13). The van der Waals surface area contributed by atoms with E-state index in [1.54, 1.807) is 0 Å². The van der Waals surface area contributed by atoms with E-state index in [1.165, 1.54) is 23.8 Å². The number of hydrogen-bond donors (Lipinski definition) is 1. The van der Waals surface area contributed by atoms with Crippen LogP contribution in [-0.2, 0) is 0 Å². The van der Waals surface area contributed by atoms with E-state index in [4.69, 9.17) is 0 Å². The molecule has 6 heteroatoms. The molecule has 0 aromatic carbocycles. The SMILES string of the molecule is Cc1cc(C(=O)Nc2cnoc2)sc1Br. The molecule has 1 amide bonds. The minimum absolute atomic E-state index is 0.156. The maximum absolute atomic E-state index is 11.7. The third kappa shape index (κ3) is 2.27. The van der Waals surface area contributed by atoms with Gasteiger partial charge in [0, 0.05) is 0 Å². The van der Waals surface area contributed by atoms with Gasteiger partial charge in [-0.3, -0.25) is 4.79 Å². The topological polar surface area (TPSA) is 55.1 Å². The molecule has 2 aromatic heterocycles. The molecule has 0 saturated carbocycles. The second kappa shape index (κ2) is 4.16. The van der Waals surface area contributed by atoms with Crippen LogP contribution in [0.4, 0.5) is 5.69 Å². The second-order valence-electron chi connectivity index (χ2n) is 2.93. The number of aromatic nitrogens is 1. The highest BCUT2D eigenvalue weighted by atomic mass is 79.9. The van der Waals surface area contributed by atoms with Gasteiger partial charge in [-0.1, -0.05) is 5.16 Å². The average Bonchev–Trinajstić information content (AvgIpc) is 2.78. The summed E-state index contributed by atoms with van der Waals surface area (Å²) in [5, 5.41) is 6.17. The molecular weight excluding hydrogens is 280 g/mol. The van der Waals surface area contributed by atoms with Crippen molar-refractivity contribution in [2.75, 3.05) is 5.32 Å². The number of rotatable bonds is 2. The number of hydrogen-bond acceptors (Lipinski definition) is 4. The second-order valence-corrected chi connectivity index (χ2v) is 5.30. The fourth-order valence-electron chi connectivity index (χ4n) is 1.03. The Labute approximate surface area is 98.4 Å². The van der Waals surface area contributed by atoms with Crippen LogP contribution < -0.4 is 5.32 Å². The Morgan fingerprint density at radius 2 is 2.47 bits per heavy atom.